The fraction of sp³-hybridized carbons (Fsp3) is 0.316. The molecule has 158 valence electrons. The Balaban J connectivity index is -0.000000453. The molecule has 29 heavy (non-hydrogen) atoms. The normalized spacial score (nSPS) is 11.8. The zero-order valence-electron chi connectivity index (χ0n) is 17.1. The Bertz CT molecular complexity index is 714. The zero-order chi connectivity index (χ0) is 22.3. The maximum atomic E-state index is 13.5. The molecule has 1 aromatic rings. The largest absolute Gasteiger partial charge is 1.00 e. The molecule has 1 amide bonds. The number of rotatable bonds is 7. The van der Waals surface area contributed by atoms with Crippen molar-refractivity contribution in [2.45, 2.75) is 25.5 Å². The molecule has 1 rings (SSSR count). The number of carbonyl (C=O) groups excluding carboxylic acids is 2. The van der Waals surface area contributed by atoms with Crippen LogP contribution in [0.5, 0.6) is 5.75 Å². The van der Waals surface area contributed by atoms with Gasteiger partial charge in [-0.2, -0.15) is 12.5 Å². The van der Waals surface area contributed by atoms with E-state index in [1.165, 1.54) is 37.3 Å². The minimum absolute atomic E-state index is 0. The van der Waals surface area contributed by atoms with Crippen molar-refractivity contribution in [2.24, 2.45) is 0 Å². The third kappa shape index (κ3) is 12.5. The van der Waals surface area contributed by atoms with Crippen LogP contribution in [0.1, 0.15) is 25.8 Å². The molecule has 2 N–H and O–H groups in total. The van der Waals surface area contributed by atoms with Gasteiger partial charge in [0.05, 0.1) is 12.4 Å². The third-order valence-corrected chi connectivity index (χ3v) is 4.24. The van der Waals surface area contributed by atoms with E-state index < -0.39 is 33.6 Å². The Morgan fingerprint density at radius 1 is 1.48 bits per heavy atom. The summed E-state index contributed by atoms with van der Waals surface area (Å²) in [7, 11) is 0.107. The van der Waals surface area contributed by atoms with Crippen LogP contribution < -0.4 is 61.6 Å². The number of ether oxygens (including phenoxy) is 1. The van der Waals surface area contributed by atoms with Gasteiger partial charge >= 0.3 is 51.4 Å². The summed E-state index contributed by atoms with van der Waals surface area (Å²) in [6.45, 7) is 12.3. The third-order valence-electron chi connectivity index (χ3n) is 2.99. The summed E-state index contributed by atoms with van der Waals surface area (Å²) in [5.41, 5.74) is 0.966. The maximum Gasteiger partial charge on any atom is 1.00 e. The standard InChI is InChI=1S/C12H8F2O2.C5H10NO3S.C2H6.K/c1-8(13)10(5-6-15)11-4-3-9(16-2)7-12(11)14;1-3-4(10(2)9)5(7)6-8;1-2;/h1,3-5,7H,2H3;4,8H,1,3H2,2H3,(H,6,7);1-2H3;/q-2;-1;;+1/b10-5+;;;. The summed E-state index contributed by atoms with van der Waals surface area (Å²) in [6, 6.07) is 3.76. The minimum atomic E-state index is -1.27. The molecule has 0 bridgehead atoms. The smallest absolute Gasteiger partial charge is 0.497 e. The number of hydrogen-bond donors (Lipinski definition) is 2. The Morgan fingerprint density at radius 3 is 2.31 bits per heavy atom. The monoisotopic (exact) mass is 455 g/mol. The Hall–Kier alpha value is -0.754. The summed E-state index contributed by atoms with van der Waals surface area (Å²) < 4.78 is 41.8. The fourth-order valence-corrected chi connectivity index (χ4v) is 2.38. The number of hydroxylamine groups is 1. The van der Waals surface area contributed by atoms with Crippen molar-refractivity contribution < 1.29 is 83.9 Å². The van der Waals surface area contributed by atoms with Gasteiger partial charge < -0.3 is 16.5 Å². The number of halogens is 2. The molecule has 0 aliphatic rings. The van der Waals surface area contributed by atoms with Crippen molar-refractivity contribution >= 4 is 28.6 Å². The molecule has 0 saturated carbocycles. The van der Waals surface area contributed by atoms with Crippen LogP contribution in [0.15, 0.2) is 30.1 Å². The second kappa shape index (κ2) is 19.2. The fourth-order valence-electron chi connectivity index (χ4n) is 1.70. The average Bonchev–Trinajstić information content (AvgIpc) is 2.68. The van der Waals surface area contributed by atoms with Crippen LogP contribution in [0, 0.1) is 19.3 Å². The summed E-state index contributed by atoms with van der Waals surface area (Å²) in [5.74, 6) is -2.24. The molecule has 0 aliphatic heterocycles. The van der Waals surface area contributed by atoms with Gasteiger partial charge in [0, 0.05) is 23.1 Å². The van der Waals surface area contributed by atoms with E-state index in [4.69, 9.17) is 16.5 Å². The van der Waals surface area contributed by atoms with Crippen molar-refractivity contribution in [2.75, 3.05) is 13.4 Å². The maximum absolute atomic E-state index is 13.5. The van der Waals surface area contributed by atoms with Gasteiger partial charge in [-0.25, -0.2) is 14.3 Å². The second-order valence-electron chi connectivity index (χ2n) is 4.62. The summed E-state index contributed by atoms with van der Waals surface area (Å²) in [5, 5.41) is 7.42. The first-order valence-electron chi connectivity index (χ1n) is 7.98. The Morgan fingerprint density at radius 2 is 2.03 bits per heavy atom. The number of benzene rings is 1. The molecule has 2 unspecified atom stereocenters. The number of nitrogens with one attached hydrogen (secondary N) is 1. The van der Waals surface area contributed by atoms with Crippen molar-refractivity contribution in [3.63, 3.8) is 0 Å². The van der Waals surface area contributed by atoms with Gasteiger partial charge in [-0.1, -0.05) is 25.5 Å². The van der Waals surface area contributed by atoms with Crippen molar-refractivity contribution in [1.82, 2.24) is 5.48 Å². The van der Waals surface area contributed by atoms with E-state index in [1.54, 1.807) is 0 Å². The van der Waals surface area contributed by atoms with Crippen molar-refractivity contribution in [3.8, 4) is 5.75 Å². The molecule has 0 heterocycles. The quantitative estimate of drug-likeness (QED) is 0.152. The molecule has 0 spiro atoms. The number of amides is 1. The number of methoxy groups -OCH3 is 1. The van der Waals surface area contributed by atoms with Gasteiger partial charge in [0.1, 0.15) is 11.6 Å². The van der Waals surface area contributed by atoms with E-state index in [0.717, 1.165) is 12.1 Å². The van der Waals surface area contributed by atoms with E-state index in [9.17, 15) is 22.6 Å². The predicted octanol–water partition coefficient (Wildman–Crippen LogP) is 0.107. The van der Waals surface area contributed by atoms with Crippen LogP contribution in [-0.2, 0) is 20.4 Å². The summed E-state index contributed by atoms with van der Waals surface area (Å²) >= 11 is 0. The van der Waals surface area contributed by atoms with Gasteiger partial charge in [-0.15, -0.1) is 5.57 Å². The number of hydrogen-bond acceptors (Lipinski definition) is 5. The van der Waals surface area contributed by atoms with E-state index in [2.05, 4.69) is 6.92 Å². The van der Waals surface area contributed by atoms with Gasteiger partial charge in [0.15, 0.2) is 0 Å². The first-order chi connectivity index (χ1) is 13.2. The zero-order valence-corrected chi connectivity index (χ0v) is 21.1. The molecule has 0 fully saturated rings. The van der Waals surface area contributed by atoms with Crippen LogP contribution in [0.4, 0.5) is 8.78 Å². The first-order valence-corrected chi connectivity index (χ1v) is 9.61. The minimum Gasteiger partial charge on any atom is -0.497 e. The van der Waals surface area contributed by atoms with E-state index in [-0.39, 0.29) is 74.7 Å². The van der Waals surface area contributed by atoms with E-state index in [1.807, 2.05) is 13.8 Å². The van der Waals surface area contributed by atoms with Crippen LogP contribution in [0.2, 0.25) is 0 Å². The molecule has 0 saturated heterocycles. The van der Waals surface area contributed by atoms with Gasteiger partial charge in [0.2, 0.25) is 0 Å². The number of allylic oxidation sites excluding steroid dienone is 3. The van der Waals surface area contributed by atoms with Crippen molar-refractivity contribution in [1.29, 1.82) is 0 Å². The predicted molar refractivity (Wildman–Crippen MR) is 105 cm³/mol. The molecule has 10 heteroatoms. The van der Waals surface area contributed by atoms with Gasteiger partial charge in [-0.05, 0) is 18.2 Å². The number of carbonyl (C=O) groups is 1. The molecule has 0 aromatic heterocycles. The molecule has 0 radical (unpaired) electrons. The van der Waals surface area contributed by atoms with Crippen LogP contribution in [-0.4, -0.2) is 40.2 Å². The first kappa shape index (κ1) is 32.9. The molecule has 1 aromatic carbocycles. The van der Waals surface area contributed by atoms with Crippen LogP contribution in [0.25, 0.3) is 5.57 Å². The molecular weight excluding hydrogens is 431 g/mol. The van der Waals surface area contributed by atoms with Crippen LogP contribution in [0.3, 0.4) is 0 Å². The summed E-state index contributed by atoms with van der Waals surface area (Å²) in [6.07, 6.45) is 3.70. The molecule has 0 aliphatic carbocycles. The topological polar surface area (TPSA) is 92.7 Å². The average molecular weight is 456 g/mol. The second-order valence-corrected chi connectivity index (χ2v) is 6.19. The summed E-state index contributed by atoms with van der Waals surface area (Å²) in [4.78, 5) is 20.7. The van der Waals surface area contributed by atoms with Crippen LogP contribution >= 0.6 is 0 Å². The van der Waals surface area contributed by atoms with Gasteiger partial charge in [-0.3, -0.25) is 20.8 Å². The molecule has 6 nitrogen and oxygen atoms in total. The SMILES string of the molecule is CC.[CH-]=C(F)/C(=C\[C-]=O)c1ccc(OC)cc1F.[CH2-]CC(C(=O)NO)S(C)=O.[K+]. The molecular formula is C19H24F2KNO5S-2. The van der Waals surface area contributed by atoms with E-state index >= 15 is 0 Å². The Labute approximate surface area is 215 Å². The van der Waals surface area contributed by atoms with Crippen molar-refractivity contribution in [3.05, 3.63) is 55.0 Å². The van der Waals surface area contributed by atoms with Gasteiger partial charge in [0.25, 0.3) is 5.91 Å². The van der Waals surface area contributed by atoms with E-state index in [0.29, 0.717) is 0 Å². The Kier molecular flexibility index (Phi) is 21.8. The molecule has 2 atom stereocenters.